The van der Waals surface area contributed by atoms with Crippen LogP contribution in [0.15, 0.2) is 40.5 Å². The predicted molar refractivity (Wildman–Crippen MR) is 91.4 cm³/mol. The number of H-pyrrole nitrogens is 1. The molecule has 0 bridgehead atoms. The molecule has 1 unspecified atom stereocenters. The molecular formula is C16H17N3OS2. The summed E-state index contributed by atoms with van der Waals surface area (Å²) in [7, 11) is 0. The number of amides is 1. The van der Waals surface area contributed by atoms with Crippen LogP contribution in [0.4, 0.5) is 0 Å². The van der Waals surface area contributed by atoms with E-state index in [-0.39, 0.29) is 5.91 Å². The molecule has 0 radical (unpaired) electrons. The Hall–Kier alpha value is -1.92. The maximum absolute atomic E-state index is 12.4. The molecule has 22 heavy (non-hydrogen) atoms. The van der Waals surface area contributed by atoms with Gasteiger partial charge in [0.2, 0.25) is 0 Å². The molecule has 0 spiro atoms. The molecule has 0 saturated heterocycles. The van der Waals surface area contributed by atoms with Gasteiger partial charge in [-0.25, -0.2) is 0 Å². The normalized spacial score (nSPS) is 12.2. The van der Waals surface area contributed by atoms with Crippen molar-refractivity contribution in [1.82, 2.24) is 15.5 Å². The zero-order valence-electron chi connectivity index (χ0n) is 12.2. The third-order valence-corrected chi connectivity index (χ3v) is 5.02. The molecule has 1 atom stereocenters. The highest BCUT2D eigenvalue weighted by molar-refractivity contribution is 7.09. The first-order valence-corrected chi connectivity index (χ1v) is 8.93. The summed E-state index contributed by atoms with van der Waals surface area (Å²) in [4.78, 5) is 13.7. The number of aromatic nitrogens is 2. The van der Waals surface area contributed by atoms with Crippen molar-refractivity contribution in [2.24, 2.45) is 5.92 Å². The number of nitrogens with zero attached hydrogens (tertiary/aromatic N) is 1. The highest BCUT2D eigenvalue weighted by Crippen LogP contribution is 2.23. The van der Waals surface area contributed by atoms with Crippen molar-refractivity contribution in [3.63, 3.8) is 0 Å². The molecule has 4 nitrogen and oxygen atoms in total. The van der Waals surface area contributed by atoms with Gasteiger partial charge in [0.25, 0.3) is 5.91 Å². The van der Waals surface area contributed by atoms with E-state index < -0.39 is 0 Å². The fourth-order valence-corrected chi connectivity index (χ4v) is 3.81. The number of thiophene rings is 2. The second-order valence-electron chi connectivity index (χ2n) is 5.27. The van der Waals surface area contributed by atoms with Gasteiger partial charge in [-0.3, -0.25) is 9.89 Å². The zero-order chi connectivity index (χ0) is 15.4. The SMILES string of the molecule is CC(CNC(=O)c1cn[nH]c1-c1ccsc1)Cc1cccs1. The third kappa shape index (κ3) is 3.45. The van der Waals surface area contributed by atoms with Crippen LogP contribution in [0.25, 0.3) is 11.3 Å². The quantitative estimate of drug-likeness (QED) is 0.721. The van der Waals surface area contributed by atoms with Gasteiger partial charge in [-0.2, -0.15) is 16.4 Å². The lowest BCUT2D eigenvalue weighted by Gasteiger charge is -2.11. The average molecular weight is 331 g/mol. The summed E-state index contributed by atoms with van der Waals surface area (Å²) in [5, 5.41) is 16.0. The van der Waals surface area contributed by atoms with Gasteiger partial charge >= 0.3 is 0 Å². The molecule has 114 valence electrons. The van der Waals surface area contributed by atoms with Gasteiger partial charge in [-0.1, -0.05) is 13.0 Å². The molecule has 0 aliphatic carbocycles. The van der Waals surface area contributed by atoms with Crippen LogP contribution in [0.5, 0.6) is 0 Å². The highest BCUT2D eigenvalue weighted by Gasteiger charge is 2.16. The Morgan fingerprint density at radius 1 is 1.41 bits per heavy atom. The minimum absolute atomic E-state index is 0.0759. The van der Waals surface area contributed by atoms with Gasteiger partial charge in [0.15, 0.2) is 0 Å². The lowest BCUT2D eigenvalue weighted by atomic mass is 10.1. The summed E-state index contributed by atoms with van der Waals surface area (Å²) in [6.07, 6.45) is 2.58. The molecule has 1 amide bonds. The lowest BCUT2D eigenvalue weighted by Crippen LogP contribution is -2.29. The van der Waals surface area contributed by atoms with Crippen LogP contribution in [0.3, 0.4) is 0 Å². The van der Waals surface area contributed by atoms with Crippen molar-refractivity contribution >= 4 is 28.6 Å². The van der Waals surface area contributed by atoms with Crippen LogP contribution in [0.1, 0.15) is 22.2 Å². The third-order valence-electron chi connectivity index (χ3n) is 3.43. The molecule has 3 rings (SSSR count). The topological polar surface area (TPSA) is 57.8 Å². The maximum atomic E-state index is 12.4. The van der Waals surface area contributed by atoms with Crippen molar-refractivity contribution in [3.8, 4) is 11.3 Å². The van der Waals surface area contributed by atoms with Crippen LogP contribution in [-0.2, 0) is 6.42 Å². The number of carbonyl (C=O) groups is 1. The molecule has 3 aromatic rings. The Morgan fingerprint density at radius 3 is 3.05 bits per heavy atom. The number of hydrogen-bond acceptors (Lipinski definition) is 4. The molecule has 0 aromatic carbocycles. The lowest BCUT2D eigenvalue weighted by molar-refractivity contribution is 0.0949. The molecule has 3 heterocycles. The Morgan fingerprint density at radius 2 is 2.32 bits per heavy atom. The van der Waals surface area contributed by atoms with E-state index in [9.17, 15) is 4.79 Å². The highest BCUT2D eigenvalue weighted by atomic mass is 32.1. The standard InChI is InChI=1S/C16H17N3OS2/c1-11(7-13-3-2-5-22-13)8-17-16(20)14-9-18-19-15(14)12-4-6-21-10-12/h2-6,9-11H,7-8H2,1H3,(H,17,20)(H,18,19). The van der Waals surface area contributed by atoms with E-state index in [1.807, 2.05) is 16.8 Å². The Kier molecular flexibility index (Phi) is 4.70. The first-order valence-electron chi connectivity index (χ1n) is 7.10. The summed E-state index contributed by atoms with van der Waals surface area (Å²) in [5.41, 5.74) is 2.38. The zero-order valence-corrected chi connectivity index (χ0v) is 13.8. The van der Waals surface area contributed by atoms with E-state index >= 15 is 0 Å². The van der Waals surface area contributed by atoms with Crippen LogP contribution in [0.2, 0.25) is 0 Å². The molecule has 2 N–H and O–H groups in total. The van der Waals surface area contributed by atoms with E-state index in [0.717, 1.165) is 17.7 Å². The number of hydrogen-bond donors (Lipinski definition) is 2. The summed E-state index contributed by atoms with van der Waals surface area (Å²) in [6, 6.07) is 6.17. The molecule has 6 heteroatoms. The molecule has 0 aliphatic rings. The first-order chi connectivity index (χ1) is 10.7. The fraction of sp³-hybridized carbons (Fsp3) is 0.250. The largest absolute Gasteiger partial charge is 0.352 e. The van der Waals surface area contributed by atoms with Crippen molar-refractivity contribution in [2.45, 2.75) is 13.3 Å². The number of aromatic amines is 1. The summed E-state index contributed by atoms with van der Waals surface area (Å²) < 4.78 is 0. The average Bonchev–Trinajstić information content (AvgIpc) is 3.23. The van der Waals surface area contributed by atoms with E-state index in [1.165, 1.54) is 4.88 Å². The first kappa shape index (κ1) is 15.0. The Bertz CT molecular complexity index is 717. The van der Waals surface area contributed by atoms with E-state index in [4.69, 9.17) is 0 Å². The van der Waals surface area contributed by atoms with Crippen molar-refractivity contribution < 1.29 is 4.79 Å². The van der Waals surface area contributed by atoms with E-state index in [2.05, 4.69) is 40.0 Å². The van der Waals surface area contributed by atoms with Crippen molar-refractivity contribution in [2.75, 3.05) is 6.54 Å². The maximum Gasteiger partial charge on any atom is 0.255 e. The number of carbonyl (C=O) groups excluding carboxylic acids is 1. The molecular weight excluding hydrogens is 314 g/mol. The Balaban J connectivity index is 1.60. The molecule has 0 fully saturated rings. The molecule has 3 aromatic heterocycles. The van der Waals surface area contributed by atoms with Crippen LogP contribution in [-0.4, -0.2) is 22.6 Å². The predicted octanol–water partition coefficient (Wildman–Crippen LogP) is 3.81. The van der Waals surface area contributed by atoms with Crippen molar-refractivity contribution in [1.29, 1.82) is 0 Å². The smallest absolute Gasteiger partial charge is 0.255 e. The molecule has 0 saturated carbocycles. The summed E-state index contributed by atoms with van der Waals surface area (Å²) >= 11 is 3.36. The second kappa shape index (κ2) is 6.89. The molecule has 0 aliphatic heterocycles. The van der Waals surface area contributed by atoms with E-state index in [1.54, 1.807) is 28.9 Å². The minimum Gasteiger partial charge on any atom is -0.352 e. The monoisotopic (exact) mass is 331 g/mol. The van der Waals surface area contributed by atoms with Crippen LogP contribution in [0, 0.1) is 5.92 Å². The fourth-order valence-electron chi connectivity index (χ4n) is 2.29. The summed E-state index contributed by atoms with van der Waals surface area (Å²) in [5.74, 6) is 0.326. The summed E-state index contributed by atoms with van der Waals surface area (Å²) in [6.45, 7) is 2.81. The Labute approximate surface area is 137 Å². The van der Waals surface area contributed by atoms with Crippen LogP contribution >= 0.6 is 22.7 Å². The number of rotatable bonds is 6. The van der Waals surface area contributed by atoms with Gasteiger partial charge < -0.3 is 5.32 Å². The van der Waals surface area contributed by atoms with Gasteiger partial charge in [0, 0.05) is 22.4 Å². The van der Waals surface area contributed by atoms with Gasteiger partial charge in [-0.05, 0) is 35.2 Å². The van der Waals surface area contributed by atoms with Gasteiger partial charge in [-0.15, -0.1) is 11.3 Å². The van der Waals surface area contributed by atoms with Crippen molar-refractivity contribution in [3.05, 3.63) is 51.0 Å². The van der Waals surface area contributed by atoms with Gasteiger partial charge in [0.05, 0.1) is 17.5 Å². The second-order valence-corrected chi connectivity index (χ2v) is 7.08. The van der Waals surface area contributed by atoms with E-state index in [0.29, 0.717) is 18.0 Å². The van der Waals surface area contributed by atoms with Crippen LogP contribution < -0.4 is 5.32 Å². The minimum atomic E-state index is -0.0759. The number of nitrogens with one attached hydrogen (secondary N) is 2. The van der Waals surface area contributed by atoms with Gasteiger partial charge in [0.1, 0.15) is 0 Å².